The van der Waals surface area contributed by atoms with Crippen molar-refractivity contribution in [1.29, 1.82) is 0 Å². The number of carbonyl (C=O) groups excluding carboxylic acids is 1. The van der Waals surface area contributed by atoms with Gasteiger partial charge in [0.05, 0.1) is 25.7 Å². The van der Waals surface area contributed by atoms with Gasteiger partial charge in [-0.25, -0.2) is 8.42 Å². The Labute approximate surface area is 186 Å². The number of carbonyl (C=O) groups is 1. The number of nitrogens with zero attached hydrogens (tertiary/aromatic N) is 3. The van der Waals surface area contributed by atoms with E-state index in [1.165, 1.54) is 43.5 Å². The Kier molecular flexibility index (Phi) is 7.82. The number of rotatable bonds is 10. The third kappa shape index (κ3) is 5.90. The van der Waals surface area contributed by atoms with Crippen molar-refractivity contribution in [3.05, 3.63) is 18.2 Å². The highest BCUT2D eigenvalue weighted by atomic mass is 32.2. The second-order valence-electron chi connectivity index (χ2n) is 8.69. The molecule has 0 N–H and O–H groups in total. The highest BCUT2D eigenvalue weighted by Gasteiger charge is 2.34. The van der Waals surface area contributed by atoms with Gasteiger partial charge in [-0.2, -0.15) is 4.31 Å². The van der Waals surface area contributed by atoms with E-state index in [0.717, 1.165) is 13.0 Å². The summed E-state index contributed by atoms with van der Waals surface area (Å²) < 4.78 is 38.0. The second-order valence-corrected chi connectivity index (χ2v) is 10.6. The molecular formula is C22H35N3O5S. The fourth-order valence-corrected chi connectivity index (χ4v) is 5.27. The van der Waals surface area contributed by atoms with Gasteiger partial charge in [0.1, 0.15) is 0 Å². The van der Waals surface area contributed by atoms with Gasteiger partial charge in [-0.1, -0.05) is 13.8 Å². The highest BCUT2D eigenvalue weighted by Crippen LogP contribution is 2.31. The van der Waals surface area contributed by atoms with Crippen molar-refractivity contribution in [3.63, 3.8) is 0 Å². The first kappa shape index (κ1) is 23.8. The van der Waals surface area contributed by atoms with Gasteiger partial charge in [-0.05, 0) is 43.9 Å². The molecule has 2 aliphatic rings. The molecule has 0 radical (unpaired) electrons. The number of hydrogen-bond acceptors (Lipinski definition) is 6. The predicted octanol–water partition coefficient (Wildman–Crippen LogP) is 2.05. The van der Waals surface area contributed by atoms with Crippen molar-refractivity contribution in [1.82, 2.24) is 14.1 Å². The molecule has 0 unspecified atom stereocenters. The molecule has 8 nitrogen and oxygen atoms in total. The zero-order chi connectivity index (χ0) is 22.6. The SMILES string of the molecule is COc1ccc(S(=O)(=O)N2CCN(C(=O)CN(CCC(C)C)C3CC3)CC2)cc1OC. The summed E-state index contributed by atoms with van der Waals surface area (Å²) in [5.41, 5.74) is 0. The van der Waals surface area contributed by atoms with Crippen LogP contribution in [0.15, 0.2) is 23.1 Å². The number of hydrogen-bond donors (Lipinski definition) is 0. The Bertz CT molecular complexity index is 862. The molecule has 0 spiro atoms. The minimum absolute atomic E-state index is 0.0961. The number of methoxy groups -OCH3 is 2. The third-order valence-corrected chi connectivity index (χ3v) is 7.87. The fourth-order valence-electron chi connectivity index (χ4n) is 3.83. The molecule has 0 aromatic heterocycles. The molecule has 0 bridgehead atoms. The molecule has 1 saturated carbocycles. The summed E-state index contributed by atoms with van der Waals surface area (Å²) in [6, 6.07) is 5.13. The van der Waals surface area contributed by atoms with Crippen molar-refractivity contribution in [3.8, 4) is 11.5 Å². The van der Waals surface area contributed by atoms with Crippen LogP contribution in [0.25, 0.3) is 0 Å². The van der Waals surface area contributed by atoms with Crippen LogP contribution in [0.3, 0.4) is 0 Å². The largest absolute Gasteiger partial charge is 0.493 e. The molecule has 0 atom stereocenters. The van der Waals surface area contributed by atoms with E-state index in [4.69, 9.17) is 9.47 Å². The average Bonchev–Trinajstić information content (AvgIpc) is 3.61. The summed E-state index contributed by atoms with van der Waals surface area (Å²) in [5, 5.41) is 0. The van der Waals surface area contributed by atoms with Crippen molar-refractivity contribution < 1.29 is 22.7 Å². The van der Waals surface area contributed by atoms with E-state index in [0.29, 0.717) is 43.1 Å². The highest BCUT2D eigenvalue weighted by molar-refractivity contribution is 7.89. The summed E-state index contributed by atoms with van der Waals surface area (Å²) in [6.45, 7) is 7.18. The Balaban J connectivity index is 1.58. The quantitative estimate of drug-likeness (QED) is 0.540. The molecule has 174 valence electrons. The average molecular weight is 454 g/mol. The minimum atomic E-state index is -3.66. The molecule has 9 heteroatoms. The first-order chi connectivity index (χ1) is 14.8. The molecule has 1 aromatic carbocycles. The van der Waals surface area contributed by atoms with Crippen LogP contribution in [0.4, 0.5) is 0 Å². The summed E-state index contributed by atoms with van der Waals surface area (Å²) >= 11 is 0. The fraction of sp³-hybridized carbons (Fsp3) is 0.682. The molecular weight excluding hydrogens is 418 g/mol. The van der Waals surface area contributed by atoms with Gasteiger partial charge in [0.15, 0.2) is 11.5 Å². The predicted molar refractivity (Wildman–Crippen MR) is 119 cm³/mol. The molecule has 31 heavy (non-hydrogen) atoms. The molecule has 2 fully saturated rings. The second kappa shape index (κ2) is 10.2. The minimum Gasteiger partial charge on any atom is -0.493 e. The van der Waals surface area contributed by atoms with Crippen LogP contribution in [0, 0.1) is 5.92 Å². The van der Waals surface area contributed by atoms with Crippen molar-refractivity contribution in [2.24, 2.45) is 5.92 Å². The van der Waals surface area contributed by atoms with Crippen molar-refractivity contribution in [2.75, 3.05) is 53.5 Å². The summed E-state index contributed by atoms with van der Waals surface area (Å²) in [7, 11) is -0.678. The van der Waals surface area contributed by atoms with E-state index in [1.807, 2.05) is 0 Å². The van der Waals surface area contributed by atoms with Crippen molar-refractivity contribution in [2.45, 2.75) is 44.0 Å². The number of benzene rings is 1. The van der Waals surface area contributed by atoms with Crippen LogP contribution >= 0.6 is 0 Å². The Hall–Kier alpha value is -1.84. The van der Waals surface area contributed by atoms with Crippen LogP contribution in [-0.2, 0) is 14.8 Å². The van der Waals surface area contributed by atoms with E-state index in [1.54, 1.807) is 11.0 Å². The molecule has 1 aromatic rings. The van der Waals surface area contributed by atoms with Crippen molar-refractivity contribution >= 4 is 15.9 Å². The van der Waals surface area contributed by atoms with Crippen LogP contribution in [-0.4, -0.2) is 88.0 Å². The number of sulfonamides is 1. The van der Waals surface area contributed by atoms with Gasteiger partial charge in [-0.15, -0.1) is 0 Å². The maximum absolute atomic E-state index is 13.1. The molecule has 1 heterocycles. The van der Waals surface area contributed by atoms with Crippen LogP contribution in [0.2, 0.25) is 0 Å². The monoisotopic (exact) mass is 453 g/mol. The lowest BCUT2D eigenvalue weighted by Gasteiger charge is -2.35. The van der Waals surface area contributed by atoms with Gasteiger partial charge in [0, 0.05) is 38.3 Å². The maximum atomic E-state index is 13.1. The zero-order valence-corrected chi connectivity index (χ0v) is 19.9. The Morgan fingerprint density at radius 3 is 2.29 bits per heavy atom. The van der Waals surface area contributed by atoms with Gasteiger partial charge in [0.2, 0.25) is 15.9 Å². The molecule has 1 aliphatic heterocycles. The Morgan fingerprint density at radius 2 is 1.74 bits per heavy atom. The third-order valence-electron chi connectivity index (χ3n) is 5.98. The summed E-state index contributed by atoms with van der Waals surface area (Å²) in [5.74, 6) is 1.56. The zero-order valence-electron chi connectivity index (χ0n) is 19.0. The molecule has 3 rings (SSSR count). The van der Waals surface area contributed by atoms with Gasteiger partial charge in [-0.3, -0.25) is 9.69 Å². The van der Waals surface area contributed by atoms with Gasteiger partial charge in [0.25, 0.3) is 0 Å². The van der Waals surface area contributed by atoms with E-state index >= 15 is 0 Å². The first-order valence-corrected chi connectivity index (χ1v) is 12.4. The standard InChI is InChI=1S/C22H35N3O5S/c1-17(2)9-10-24(18-5-6-18)16-22(26)23-11-13-25(14-12-23)31(27,28)19-7-8-20(29-3)21(15-19)30-4/h7-8,15,17-18H,5-6,9-14,16H2,1-4H3. The smallest absolute Gasteiger partial charge is 0.243 e. The van der Waals surface area contributed by atoms with Gasteiger partial charge < -0.3 is 14.4 Å². The first-order valence-electron chi connectivity index (χ1n) is 11.0. The lowest BCUT2D eigenvalue weighted by molar-refractivity contribution is -0.133. The lowest BCUT2D eigenvalue weighted by atomic mass is 10.1. The molecule has 1 aliphatic carbocycles. The summed E-state index contributed by atoms with van der Waals surface area (Å²) in [6.07, 6.45) is 3.42. The van der Waals surface area contributed by atoms with Crippen LogP contribution < -0.4 is 9.47 Å². The van der Waals surface area contributed by atoms with Crippen LogP contribution in [0.1, 0.15) is 33.1 Å². The topological polar surface area (TPSA) is 79.4 Å². The van der Waals surface area contributed by atoms with E-state index in [-0.39, 0.29) is 23.9 Å². The Morgan fingerprint density at radius 1 is 1.10 bits per heavy atom. The normalized spacial score (nSPS) is 17.9. The lowest BCUT2D eigenvalue weighted by Crippen LogP contribution is -2.52. The van der Waals surface area contributed by atoms with Gasteiger partial charge >= 0.3 is 0 Å². The number of amides is 1. The summed E-state index contributed by atoms with van der Waals surface area (Å²) in [4.78, 5) is 17.1. The van der Waals surface area contributed by atoms with Crippen LogP contribution in [0.5, 0.6) is 11.5 Å². The van der Waals surface area contributed by atoms with E-state index in [2.05, 4.69) is 18.7 Å². The molecule has 1 amide bonds. The number of piperazine rings is 1. The van der Waals surface area contributed by atoms with E-state index in [9.17, 15) is 13.2 Å². The maximum Gasteiger partial charge on any atom is 0.243 e. The number of ether oxygens (including phenoxy) is 2. The van der Waals surface area contributed by atoms with E-state index < -0.39 is 10.0 Å². The molecule has 1 saturated heterocycles.